The molecular weight excluding hydrogens is 305 g/mol. The van der Waals surface area contributed by atoms with Crippen molar-refractivity contribution < 1.29 is 23.8 Å². The van der Waals surface area contributed by atoms with E-state index in [0.717, 1.165) is 5.39 Å². The van der Waals surface area contributed by atoms with Crippen LogP contribution in [0, 0.1) is 0 Å². The number of rotatable bonds is 7. The van der Waals surface area contributed by atoms with Crippen LogP contribution in [-0.2, 0) is 4.74 Å². The van der Waals surface area contributed by atoms with E-state index in [1.165, 1.54) is 13.2 Å². The van der Waals surface area contributed by atoms with Crippen LogP contribution in [0.25, 0.3) is 11.0 Å². The highest BCUT2D eigenvalue weighted by molar-refractivity contribution is 5.80. The molecule has 1 aromatic heterocycles. The van der Waals surface area contributed by atoms with Gasteiger partial charge in [0.1, 0.15) is 17.8 Å². The standard InChI is InChI=1S/C16H20FNO5/c1-9(16(21)15(17)13(8-19)22-2)18-11-5-3-10-4-6-14(20)23-12(10)7-11/h3-7,9,13,15-16,18-19,21H,8H2,1-2H3/t9?,13?,15-,16?/m1/s1. The first kappa shape index (κ1) is 17.4. The van der Waals surface area contributed by atoms with Crippen LogP contribution in [-0.4, -0.2) is 48.4 Å². The molecule has 0 fully saturated rings. The van der Waals surface area contributed by atoms with Gasteiger partial charge in [0.25, 0.3) is 0 Å². The number of halogens is 1. The molecule has 0 amide bonds. The highest BCUT2D eigenvalue weighted by atomic mass is 19.1. The first-order valence-corrected chi connectivity index (χ1v) is 7.22. The Bertz CT molecular complexity index is 700. The quantitative estimate of drug-likeness (QED) is 0.665. The Kier molecular flexibility index (Phi) is 5.70. The van der Waals surface area contributed by atoms with Crippen LogP contribution in [0.4, 0.5) is 10.1 Å². The predicted octanol–water partition coefficient (Wildman–Crippen LogP) is 1.30. The minimum Gasteiger partial charge on any atom is -0.423 e. The summed E-state index contributed by atoms with van der Waals surface area (Å²) in [5.41, 5.74) is 0.507. The van der Waals surface area contributed by atoms with Crippen LogP contribution in [0.3, 0.4) is 0 Å². The van der Waals surface area contributed by atoms with E-state index >= 15 is 0 Å². The summed E-state index contributed by atoms with van der Waals surface area (Å²) in [5.74, 6) is 0. The van der Waals surface area contributed by atoms with Crippen LogP contribution in [0.15, 0.2) is 39.5 Å². The Morgan fingerprint density at radius 2 is 2.04 bits per heavy atom. The van der Waals surface area contributed by atoms with E-state index in [0.29, 0.717) is 11.3 Å². The molecule has 7 heteroatoms. The smallest absolute Gasteiger partial charge is 0.336 e. The van der Waals surface area contributed by atoms with Gasteiger partial charge in [0, 0.05) is 30.3 Å². The van der Waals surface area contributed by atoms with Gasteiger partial charge in [-0.2, -0.15) is 0 Å². The fourth-order valence-electron chi connectivity index (χ4n) is 2.30. The number of alkyl halides is 1. The lowest BCUT2D eigenvalue weighted by molar-refractivity contribution is -0.0585. The second kappa shape index (κ2) is 7.54. The van der Waals surface area contributed by atoms with Crippen LogP contribution in [0.5, 0.6) is 0 Å². The topological polar surface area (TPSA) is 91.9 Å². The summed E-state index contributed by atoms with van der Waals surface area (Å²) in [7, 11) is 1.27. The van der Waals surface area contributed by atoms with E-state index in [9.17, 15) is 14.3 Å². The molecule has 0 saturated heterocycles. The highest BCUT2D eigenvalue weighted by Gasteiger charge is 2.31. The molecule has 3 N–H and O–H groups in total. The van der Waals surface area contributed by atoms with Gasteiger partial charge in [0.15, 0.2) is 6.17 Å². The van der Waals surface area contributed by atoms with Gasteiger partial charge in [-0.25, -0.2) is 9.18 Å². The summed E-state index contributed by atoms with van der Waals surface area (Å²) in [5, 5.41) is 22.8. The maximum Gasteiger partial charge on any atom is 0.336 e. The number of hydrogen-bond acceptors (Lipinski definition) is 6. The molecule has 23 heavy (non-hydrogen) atoms. The van der Waals surface area contributed by atoms with Gasteiger partial charge in [-0.15, -0.1) is 0 Å². The van der Waals surface area contributed by atoms with Crippen molar-refractivity contribution in [1.82, 2.24) is 0 Å². The van der Waals surface area contributed by atoms with E-state index in [4.69, 9.17) is 14.3 Å². The molecule has 1 aromatic carbocycles. The van der Waals surface area contributed by atoms with Crippen molar-refractivity contribution in [1.29, 1.82) is 0 Å². The van der Waals surface area contributed by atoms with Crippen molar-refractivity contribution in [2.24, 2.45) is 0 Å². The van der Waals surface area contributed by atoms with E-state index in [1.807, 2.05) is 0 Å². The SMILES string of the molecule is COC(CO)[C@@H](F)C(O)C(C)Nc1ccc2ccc(=O)oc2c1. The van der Waals surface area contributed by atoms with E-state index < -0.39 is 36.7 Å². The Labute approximate surface area is 132 Å². The van der Waals surface area contributed by atoms with Gasteiger partial charge < -0.3 is 24.7 Å². The zero-order valence-corrected chi connectivity index (χ0v) is 12.9. The minimum atomic E-state index is -1.74. The normalized spacial score (nSPS) is 16.7. The molecule has 0 bridgehead atoms. The number of hydrogen-bond donors (Lipinski definition) is 3. The third kappa shape index (κ3) is 4.07. The summed E-state index contributed by atoms with van der Waals surface area (Å²) >= 11 is 0. The van der Waals surface area contributed by atoms with Gasteiger partial charge in [-0.05, 0) is 25.1 Å². The molecule has 0 saturated carbocycles. The van der Waals surface area contributed by atoms with Crippen LogP contribution < -0.4 is 10.9 Å². The molecule has 126 valence electrons. The van der Waals surface area contributed by atoms with Gasteiger partial charge in [-0.1, -0.05) is 0 Å². The number of aliphatic hydroxyl groups excluding tert-OH is 2. The van der Waals surface area contributed by atoms with Gasteiger partial charge in [0.05, 0.1) is 12.6 Å². The summed E-state index contributed by atoms with van der Waals surface area (Å²) in [6.45, 7) is 1.08. The minimum absolute atomic E-state index is 0.395. The lowest BCUT2D eigenvalue weighted by Crippen LogP contribution is -2.45. The first-order chi connectivity index (χ1) is 11.0. The lowest BCUT2D eigenvalue weighted by atomic mass is 10.0. The fraction of sp³-hybridized carbons (Fsp3) is 0.438. The maximum atomic E-state index is 14.1. The third-order valence-electron chi connectivity index (χ3n) is 3.69. The molecule has 0 aliphatic heterocycles. The van der Waals surface area contributed by atoms with E-state index in [1.54, 1.807) is 31.2 Å². The van der Waals surface area contributed by atoms with Crippen molar-refractivity contribution in [3.63, 3.8) is 0 Å². The summed E-state index contributed by atoms with van der Waals surface area (Å²) in [6.07, 6.45) is -4.22. The van der Waals surface area contributed by atoms with Crippen molar-refractivity contribution in [3.05, 3.63) is 40.8 Å². The van der Waals surface area contributed by atoms with Gasteiger partial charge in [-0.3, -0.25) is 0 Å². The highest BCUT2D eigenvalue weighted by Crippen LogP contribution is 2.20. The van der Waals surface area contributed by atoms with Crippen LogP contribution >= 0.6 is 0 Å². The first-order valence-electron chi connectivity index (χ1n) is 7.22. The average molecular weight is 325 g/mol. The largest absolute Gasteiger partial charge is 0.423 e. The molecule has 2 rings (SSSR count). The zero-order chi connectivity index (χ0) is 17.0. The number of ether oxygens (including phenoxy) is 1. The maximum absolute atomic E-state index is 14.1. The Morgan fingerprint density at radius 1 is 1.35 bits per heavy atom. The summed E-state index contributed by atoms with van der Waals surface area (Å²) in [6, 6.07) is 7.41. The molecule has 4 atom stereocenters. The van der Waals surface area contributed by atoms with E-state index in [2.05, 4.69) is 5.32 Å². The number of benzene rings is 1. The van der Waals surface area contributed by atoms with Crippen molar-refractivity contribution in [3.8, 4) is 0 Å². The second-order valence-electron chi connectivity index (χ2n) is 5.33. The molecule has 6 nitrogen and oxygen atoms in total. The summed E-state index contributed by atoms with van der Waals surface area (Å²) in [4.78, 5) is 11.2. The van der Waals surface area contributed by atoms with Gasteiger partial charge in [0.2, 0.25) is 0 Å². The average Bonchev–Trinajstić information content (AvgIpc) is 2.54. The predicted molar refractivity (Wildman–Crippen MR) is 84.4 cm³/mol. The molecule has 2 aromatic rings. The molecule has 0 aliphatic rings. The van der Waals surface area contributed by atoms with Crippen molar-refractivity contribution in [2.45, 2.75) is 31.3 Å². The van der Waals surface area contributed by atoms with Crippen LogP contribution in [0.1, 0.15) is 6.92 Å². The Morgan fingerprint density at radius 3 is 2.70 bits per heavy atom. The third-order valence-corrected chi connectivity index (χ3v) is 3.69. The molecule has 1 heterocycles. The number of nitrogens with one attached hydrogen (secondary N) is 1. The fourth-order valence-corrected chi connectivity index (χ4v) is 2.30. The lowest BCUT2D eigenvalue weighted by Gasteiger charge is -2.27. The van der Waals surface area contributed by atoms with E-state index in [-0.39, 0.29) is 0 Å². The zero-order valence-electron chi connectivity index (χ0n) is 12.9. The van der Waals surface area contributed by atoms with Crippen molar-refractivity contribution in [2.75, 3.05) is 19.0 Å². The molecule has 0 spiro atoms. The Balaban J connectivity index is 2.12. The second-order valence-corrected chi connectivity index (χ2v) is 5.33. The molecule has 0 aliphatic carbocycles. The van der Waals surface area contributed by atoms with Crippen molar-refractivity contribution >= 4 is 16.7 Å². The number of fused-ring (bicyclic) bond motifs is 1. The molecular formula is C16H20FNO5. The summed E-state index contributed by atoms with van der Waals surface area (Å²) < 4.78 is 24.0. The monoisotopic (exact) mass is 325 g/mol. The number of methoxy groups -OCH3 is 1. The number of aliphatic hydroxyl groups is 2. The van der Waals surface area contributed by atoms with Crippen LogP contribution in [0.2, 0.25) is 0 Å². The Hall–Kier alpha value is -1.96. The van der Waals surface area contributed by atoms with Gasteiger partial charge >= 0.3 is 5.63 Å². The molecule has 0 radical (unpaired) electrons. The molecule has 3 unspecified atom stereocenters. The number of anilines is 1.